The van der Waals surface area contributed by atoms with Gasteiger partial charge in [-0.2, -0.15) is 0 Å². The SMILES string of the molecule is CSc1nnc(Sc2ccc(Br)cc2CN)s1. The molecule has 17 heavy (non-hydrogen) atoms. The Hall–Kier alpha value is -0.0800. The van der Waals surface area contributed by atoms with E-state index in [4.69, 9.17) is 5.73 Å². The Bertz CT molecular complexity index is 515. The Morgan fingerprint density at radius 3 is 2.76 bits per heavy atom. The molecule has 0 radical (unpaired) electrons. The molecule has 1 aromatic heterocycles. The first-order chi connectivity index (χ1) is 8.22. The molecule has 1 aromatic carbocycles. The molecule has 90 valence electrons. The van der Waals surface area contributed by atoms with Crippen molar-refractivity contribution in [3.63, 3.8) is 0 Å². The van der Waals surface area contributed by atoms with E-state index < -0.39 is 0 Å². The maximum atomic E-state index is 5.73. The van der Waals surface area contributed by atoms with Crippen LogP contribution >= 0.6 is 50.8 Å². The highest BCUT2D eigenvalue weighted by molar-refractivity contribution is 9.10. The smallest absolute Gasteiger partial charge is 0.179 e. The minimum atomic E-state index is 0.524. The van der Waals surface area contributed by atoms with Gasteiger partial charge in [0.25, 0.3) is 0 Å². The molecule has 0 atom stereocenters. The van der Waals surface area contributed by atoms with E-state index in [9.17, 15) is 0 Å². The van der Waals surface area contributed by atoms with E-state index in [-0.39, 0.29) is 0 Å². The van der Waals surface area contributed by atoms with Crippen molar-refractivity contribution in [2.24, 2.45) is 5.73 Å². The van der Waals surface area contributed by atoms with Crippen LogP contribution in [-0.2, 0) is 6.54 Å². The highest BCUT2D eigenvalue weighted by Crippen LogP contribution is 2.35. The summed E-state index contributed by atoms with van der Waals surface area (Å²) in [5.74, 6) is 0. The molecule has 0 aliphatic carbocycles. The molecule has 0 saturated heterocycles. The van der Waals surface area contributed by atoms with Gasteiger partial charge in [-0.15, -0.1) is 10.2 Å². The first kappa shape index (κ1) is 13.4. The Morgan fingerprint density at radius 1 is 1.35 bits per heavy atom. The van der Waals surface area contributed by atoms with Gasteiger partial charge >= 0.3 is 0 Å². The van der Waals surface area contributed by atoms with E-state index in [1.54, 1.807) is 34.9 Å². The van der Waals surface area contributed by atoms with Crippen LogP contribution in [0.25, 0.3) is 0 Å². The Morgan fingerprint density at radius 2 is 2.12 bits per heavy atom. The number of hydrogen-bond donors (Lipinski definition) is 1. The van der Waals surface area contributed by atoms with Crippen molar-refractivity contribution in [3.8, 4) is 0 Å². The standard InChI is InChI=1S/C10H10BrN3S3/c1-15-9-13-14-10(17-9)16-8-3-2-7(11)4-6(8)5-12/h2-4H,5,12H2,1H3. The third-order valence-electron chi connectivity index (χ3n) is 2.00. The van der Waals surface area contributed by atoms with Crippen molar-refractivity contribution in [3.05, 3.63) is 28.2 Å². The lowest BCUT2D eigenvalue weighted by Gasteiger charge is -2.05. The summed E-state index contributed by atoms with van der Waals surface area (Å²) < 4.78 is 2.98. The van der Waals surface area contributed by atoms with Crippen LogP contribution in [0.2, 0.25) is 0 Å². The fraction of sp³-hybridized carbons (Fsp3) is 0.200. The lowest BCUT2D eigenvalue weighted by molar-refractivity contribution is 0.953. The number of nitrogens with zero attached hydrogens (tertiary/aromatic N) is 2. The zero-order chi connectivity index (χ0) is 12.3. The normalized spacial score (nSPS) is 10.8. The fourth-order valence-corrected chi connectivity index (χ4v) is 4.15. The Kier molecular flexibility index (Phi) is 4.87. The van der Waals surface area contributed by atoms with Crippen molar-refractivity contribution < 1.29 is 0 Å². The van der Waals surface area contributed by atoms with Crippen LogP contribution in [0.15, 0.2) is 36.2 Å². The molecular weight excluding hydrogens is 338 g/mol. The van der Waals surface area contributed by atoms with Crippen LogP contribution in [-0.4, -0.2) is 16.5 Å². The highest BCUT2D eigenvalue weighted by Gasteiger charge is 2.08. The first-order valence-electron chi connectivity index (χ1n) is 4.76. The quantitative estimate of drug-likeness (QED) is 0.855. The lowest BCUT2D eigenvalue weighted by Crippen LogP contribution is -1.98. The maximum Gasteiger partial charge on any atom is 0.179 e. The summed E-state index contributed by atoms with van der Waals surface area (Å²) in [6.07, 6.45) is 2.00. The summed E-state index contributed by atoms with van der Waals surface area (Å²) in [5, 5.41) is 8.21. The van der Waals surface area contributed by atoms with E-state index in [0.29, 0.717) is 6.54 Å². The number of halogens is 1. The van der Waals surface area contributed by atoms with E-state index in [0.717, 1.165) is 23.6 Å². The second-order valence-corrected chi connectivity index (χ2v) is 7.33. The van der Waals surface area contributed by atoms with Gasteiger partial charge in [0.05, 0.1) is 0 Å². The number of aromatic nitrogens is 2. The predicted octanol–water partition coefficient (Wildman–Crippen LogP) is 3.63. The molecule has 3 nitrogen and oxygen atoms in total. The summed E-state index contributed by atoms with van der Waals surface area (Å²) >= 11 is 8.27. The molecule has 2 N–H and O–H groups in total. The van der Waals surface area contributed by atoms with Crippen molar-refractivity contribution in [2.75, 3.05) is 6.26 Å². The van der Waals surface area contributed by atoms with Crippen molar-refractivity contribution in [1.29, 1.82) is 0 Å². The van der Waals surface area contributed by atoms with E-state index >= 15 is 0 Å². The van der Waals surface area contributed by atoms with Crippen LogP contribution in [0.4, 0.5) is 0 Å². The molecule has 0 amide bonds. The molecule has 0 bridgehead atoms. The van der Waals surface area contributed by atoms with Gasteiger partial charge in [0.15, 0.2) is 8.68 Å². The topological polar surface area (TPSA) is 51.8 Å². The van der Waals surface area contributed by atoms with Gasteiger partial charge in [-0.05, 0) is 30.0 Å². The molecule has 2 aromatic rings. The summed E-state index contributed by atoms with van der Waals surface area (Å²) in [4.78, 5) is 1.14. The number of nitrogens with two attached hydrogens (primary N) is 1. The first-order valence-corrected chi connectivity index (χ1v) is 8.42. The largest absolute Gasteiger partial charge is 0.326 e. The van der Waals surface area contributed by atoms with Gasteiger partial charge in [-0.3, -0.25) is 0 Å². The summed E-state index contributed by atoms with van der Waals surface area (Å²) in [7, 11) is 0. The van der Waals surface area contributed by atoms with Crippen LogP contribution in [0.3, 0.4) is 0 Å². The van der Waals surface area contributed by atoms with Crippen LogP contribution in [0.5, 0.6) is 0 Å². The number of hydrogen-bond acceptors (Lipinski definition) is 6. The molecule has 0 fully saturated rings. The highest BCUT2D eigenvalue weighted by atomic mass is 79.9. The minimum absolute atomic E-state index is 0.524. The fourth-order valence-electron chi connectivity index (χ4n) is 1.22. The van der Waals surface area contributed by atoms with Crippen LogP contribution < -0.4 is 5.73 Å². The number of benzene rings is 1. The molecule has 0 unspecified atom stereocenters. The average molecular weight is 348 g/mol. The van der Waals surface area contributed by atoms with Gasteiger partial charge in [-0.1, -0.05) is 50.8 Å². The van der Waals surface area contributed by atoms with Gasteiger partial charge in [0.2, 0.25) is 0 Å². The molecule has 2 rings (SSSR count). The average Bonchev–Trinajstić information content (AvgIpc) is 2.79. The molecule has 0 spiro atoms. The van der Waals surface area contributed by atoms with Gasteiger partial charge < -0.3 is 5.73 Å². The van der Waals surface area contributed by atoms with Gasteiger partial charge in [0, 0.05) is 15.9 Å². The molecule has 1 heterocycles. The summed E-state index contributed by atoms with van der Waals surface area (Å²) in [6, 6.07) is 6.11. The van der Waals surface area contributed by atoms with Crippen LogP contribution in [0, 0.1) is 0 Å². The molecule has 0 aliphatic heterocycles. The Labute approximate surface area is 121 Å². The monoisotopic (exact) mass is 347 g/mol. The number of thioether (sulfide) groups is 1. The third kappa shape index (κ3) is 3.45. The Balaban J connectivity index is 2.23. The summed E-state index contributed by atoms with van der Waals surface area (Å²) in [5.41, 5.74) is 6.85. The second kappa shape index (κ2) is 6.19. The van der Waals surface area contributed by atoms with E-state index in [2.05, 4.69) is 32.2 Å². The van der Waals surface area contributed by atoms with E-state index in [1.165, 1.54) is 0 Å². The predicted molar refractivity (Wildman–Crippen MR) is 77.8 cm³/mol. The van der Waals surface area contributed by atoms with Crippen LogP contribution in [0.1, 0.15) is 5.56 Å². The van der Waals surface area contributed by atoms with Gasteiger partial charge in [-0.25, -0.2) is 0 Å². The lowest BCUT2D eigenvalue weighted by atomic mass is 10.2. The van der Waals surface area contributed by atoms with Crippen molar-refractivity contribution in [1.82, 2.24) is 10.2 Å². The molecule has 0 saturated carbocycles. The van der Waals surface area contributed by atoms with Crippen molar-refractivity contribution >= 4 is 50.8 Å². The number of rotatable bonds is 4. The molecule has 0 aliphatic rings. The maximum absolute atomic E-state index is 5.73. The third-order valence-corrected chi connectivity index (χ3v) is 5.56. The minimum Gasteiger partial charge on any atom is -0.326 e. The zero-order valence-corrected chi connectivity index (χ0v) is 13.0. The molecule has 7 heteroatoms. The zero-order valence-electron chi connectivity index (χ0n) is 9.01. The van der Waals surface area contributed by atoms with E-state index in [1.807, 2.05) is 18.4 Å². The second-order valence-electron chi connectivity index (χ2n) is 3.10. The van der Waals surface area contributed by atoms with Gasteiger partial charge in [0.1, 0.15) is 0 Å². The molecular formula is C10H10BrN3S3. The van der Waals surface area contributed by atoms with Crippen molar-refractivity contribution in [2.45, 2.75) is 20.1 Å². The summed E-state index contributed by atoms with van der Waals surface area (Å²) in [6.45, 7) is 0.524.